The molecule has 0 atom stereocenters. The molecule has 3 heteroatoms. The van der Waals surface area contributed by atoms with Gasteiger partial charge in [0.05, 0.1) is 18.5 Å². The highest BCUT2D eigenvalue weighted by Crippen LogP contribution is 2.07. The van der Waals surface area contributed by atoms with Crippen LogP contribution in [-0.4, -0.2) is 12.6 Å². The molecule has 0 saturated heterocycles. The minimum absolute atomic E-state index is 0.352. The maximum Gasteiger partial charge on any atom is 0.338 e. The third-order valence-corrected chi connectivity index (χ3v) is 1.68. The first-order chi connectivity index (χ1) is 6.77. The number of carbonyl (C=O) groups excluding carboxylic acids is 1. The summed E-state index contributed by atoms with van der Waals surface area (Å²) >= 11 is 0. The third-order valence-electron chi connectivity index (χ3n) is 1.68. The Morgan fingerprint density at radius 2 is 2.07 bits per heavy atom. The van der Waals surface area contributed by atoms with Gasteiger partial charge in [-0.3, -0.25) is 0 Å². The van der Waals surface area contributed by atoms with Crippen LogP contribution in [0.2, 0.25) is 0 Å². The number of rotatable bonds is 3. The topological polar surface area (TPSA) is 26.3 Å². The fraction of sp³-hybridized carbons (Fsp3) is 0.182. The van der Waals surface area contributed by atoms with Gasteiger partial charge in [-0.05, 0) is 30.7 Å². The smallest absolute Gasteiger partial charge is 0.338 e. The first-order valence-electron chi connectivity index (χ1n) is 4.32. The average Bonchev–Trinajstić information content (AvgIpc) is 2.20. The predicted octanol–water partition coefficient (Wildman–Crippen LogP) is 2.80. The molecule has 1 aromatic carbocycles. The Morgan fingerprint density at radius 1 is 1.43 bits per heavy atom. The molecular formula is C11H11FO2. The zero-order chi connectivity index (χ0) is 10.4. The molecule has 14 heavy (non-hydrogen) atoms. The van der Waals surface area contributed by atoms with Crippen LogP contribution < -0.4 is 0 Å². The van der Waals surface area contributed by atoms with Crippen molar-refractivity contribution in [1.82, 2.24) is 0 Å². The molecule has 0 radical (unpaired) electrons. The summed E-state index contributed by atoms with van der Waals surface area (Å²) in [5, 5.41) is 0. The summed E-state index contributed by atoms with van der Waals surface area (Å²) in [6.45, 7) is 2.10. The van der Waals surface area contributed by atoms with E-state index in [0.717, 1.165) is 0 Å². The molecule has 1 aromatic rings. The normalized spacial score (nSPS) is 10.4. The van der Waals surface area contributed by atoms with Crippen LogP contribution in [0, 0.1) is 0 Å². The largest absolute Gasteiger partial charge is 0.462 e. The standard InChI is InChI=1S/C11H11FO2/c1-2-14-11(13)10-5-3-9(4-6-10)7-8-12/h3-8H,2H2,1H3. The molecular weight excluding hydrogens is 183 g/mol. The number of halogens is 1. The Morgan fingerprint density at radius 3 is 2.57 bits per heavy atom. The zero-order valence-corrected chi connectivity index (χ0v) is 7.87. The third kappa shape index (κ3) is 2.69. The van der Waals surface area contributed by atoms with Crippen LogP contribution in [0.25, 0.3) is 6.08 Å². The van der Waals surface area contributed by atoms with E-state index in [2.05, 4.69) is 0 Å². The van der Waals surface area contributed by atoms with Gasteiger partial charge in [0.2, 0.25) is 0 Å². The van der Waals surface area contributed by atoms with Crippen molar-refractivity contribution < 1.29 is 13.9 Å². The summed E-state index contributed by atoms with van der Waals surface area (Å²) in [5.74, 6) is -0.358. The van der Waals surface area contributed by atoms with Crippen LogP contribution in [0.5, 0.6) is 0 Å². The summed E-state index contributed by atoms with van der Waals surface area (Å²) in [4.78, 5) is 11.2. The lowest BCUT2D eigenvalue weighted by atomic mass is 10.1. The van der Waals surface area contributed by atoms with Crippen molar-refractivity contribution in [1.29, 1.82) is 0 Å². The van der Waals surface area contributed by atoms with Crippen molar-refractivity contribution in [3.63, 3.8) is 0 Å². The first-order valence-corrected chi connectivity index (χ1v) is 4.32. The molecule has 0 bridgehead atoms. The summed E-state index contributed by atoms with van der Waals surface area (Å²) in [6, 6.07) is 6.52. The Balaban J connectivity index is 2.77. The van der Waals surface area contributed by atoms with Gasteiger partial charge in [-0.2, -0.15) is 0 Å². The van der Waals surface area contributed by atoms with Crippen molar-refractivity contribution in [2.24, 2.45) is 0 Å². The average molecular weight is 194 g/mol. The molecule has 0 spiro atoms. The Hall–Kier alpha value is -1.64. The maximum absolute atomic E-state index is 11.8. The van der Waals surface area contributed by atoms with Crippen LogP contribution in [0.3, 0.4) is 0 Å². The lowest BCUT2D eigenvalue weighted by Gasteiger charge is -2.01. The number of benzene rings is 1. The Kier molecular flexibility index (Phi) is 3.85. The lowest BCUT2D eigenvalue weighted by molar-refractivity contribution is 0.0526. The SMILES string of the molecule is CCOC(=O)c1ccc(C=CF)cc1. The lowest BCUT2D eigenvalue weighted by Crippen LogP contribution is -2.03. The van der Waals surface area contributed by atoms with Crippen LogP contribution in [0.1, 0.15) is 22.8 Å². The molecule has 1 rings (SSSR count). The van der Waals surface area contributed by atoms with Crippen molar-refractivity contribution in [3.8, 4) is 0 Å². The van der Waals surface area contributed by atoms with Crippen LogP contribution >= 0.6 is 0 Å². The van der Waals surface area contributed by atoms with Gasteiger partial charge in [-0.25, -0.2) is 9.18 Å². The highest BCUT2D eigenvalue weighted by molar-refractivity contribution is 5.89. The second-order valence-electron chi connectivity index (χ2n) is 2.64. The van der Waals surface area contributed by atoms with E-state index in [-0.39, 0.29) is 5.97 Å². The van der Waals surface area contributed by atoms with E-state index in [1.54, 1.807) is 31.2 Å². The van der Waals surface area contributed by atoms with E-state index in [1.807, 2.05) is 0 Å². The quantitative estimate of drug-likeness (QED) is 0.691. The van der Waals surface area contributed by atoms with Gasteiger partial charge in [-0.1, -0.05) is 12.1 Å². The van der Waals surface area contributed by atoms with E-state index in [4.69, 9.17) is 4.74 Å². The van der Waals surface area contributed by atoms with Crippen LogP contribution in [0.15, 0.2) is 30.6 Å². The molecule has 0 unspecified atom stereocenters. The van der Waals surface area contributed by atoms with Crippen LogP contribution in [-0.2, 0) is 4.74 Å². The molecule has 0 N–H and O–H groups in total. The van der Waals surface area contributed by atoms with E-state index < -0.39 is 0 Å². The van der Waals surface area contributed by atoms with Gasteiger partial charge in [0.25, 0.3) is 0 Å². The van der Waals surface area contributed by atoms with Gasteiger partial charge in [0.1, 0.15) is 0 Å². The monoisotopic (exact) mass is 194 g/mol. The highest BCUT2D eigenvalue weighted by Gasteiger charge is 2.04. The fourth-order valence-electron chi connectivity index (χ4n) is 1.02. The molecule has 0 aliphatic rings. The Bertz CT molecular complexity index is 328. The highest BCUT2D eigenvalue weighted by atomic mass is 19.1. The number of esters is 1. The zero-order valence-electron chi connectivity index (χ0n) is 7.87. The Labute approximate surface area is 82.0 Å². The minimum atomic E-state index is -0.358. The molecule has 0 fully saturated rings. The molecule has 0 saturated carbocycles. The summed E-state index contributed by atoms with van der Waals surface area (Å²) in [5.41, 5.74) is 1.18. The fourth-order valence-corrected chi connectivity index (χ4v) is 1.02. The molecule has 2 nitrogen and oxygen atoms in total. The van der Waals surface area contributed by atoms with Crippen molar-refractivity contribution in [2.75, 3.05) is 6.61 Å². The number of hydrogen-bond donors (Lipinski definition) is 0. The predicted molar refractivity (Wildman–Crippen MR) is 52.5 cm³/mol. The van der Waals surface area contributed by atoms with E-state index >= 15 is 0 Å². The number of hydrogen-bond acceptors (Lipinski definition) is 2. The molecule has 74 valence electrons. The second-order valence-corrected chi connectivity index (χ2v) is 2.64. The second kappa shape index (κ2) is 5.17. The first kappa shape index (κ1) is 10.4. The maximum atomic E-state index is 11.8. The van der Waals surface area contributed by atoms with Gasteiger partial charge in [-0.15, -0.1) is 0 Å². The van der Waals surface area contributed by atoms with Gasteiger partial charge < -0.3 is 4.74 Å². The van der Waals surface area contributed by atoms with Gasteiger partial charge in [0.15, 0.2) is 0 Å². The van der Waals surface area contributed by atoms with E-state index in [1.165, 1.54) is 6.08 Å². The van der Waals surface area contributed by atoms with E-state index in [0.29, 0.717) is 24.1 Å². The van der Waals surface area contributed by atoms with Gasteiger partial charge in [0, 0.05) is 0 Å². The van der Waals surface area contributed by atoms with Gasteiger partial charge >= 0.3 is 5.97 Å². The van der Waals surface area contributed by atoms with Crippen molar-refractivity contribution in [3.05, 3.63) is 41.7 Å². The molecule has 0 aliphatic heterocycles. The molecule has 0 amide bonds. The van der Waals surface area contributed by atoms with Crippen LogP contribution in [0.4, 0.5) is 4.39 Å². The molecule has 0 heterocycles. The molecule has 0 aliphatic carbocycles. The molecule has 0 aromatic heterocycles. The van der Waals surface area contributed by atoms with E-state index in [9.17, 15) is 9.18 Å². The minimum Gasteiger partial charge on any atom is -0.462 e. The van der Waals surface area contributed by atoms with Crippen molar-refractivity contribution in [2.45, 2.75) is 6.92 Å². The number of ether oxygens (including phenoxy) is 1. The summed E-state index contributed by atoms with van der Waals surface area (Å²) in [6.07, 6.45) is 1.77. The van der Waals surface area contributed by atoms with Crippen molar-refractivity contribution >= 4 is 12.0 Å². The summed E-state index contributed by atoms with van der Waals surface area (Å²) < 4.78 is 16.6. The summed E-state index contributed by atoms with van der Waals surface area (Å²) in [7, 11) is 0. The number of carbonyl (C=O) groups is 1.